The first-order valence-corrected chi connectivity index (χ1v) is 13.7. The lowest BCUT2D eigenvalue weighted by atomic mass is 9.88. The lowest BCUT2D eigenvalue weighted by molar-refractivity contribution is 0.0125. The Morgan fingerprint density at radius 1 is 1.09 bits per heavy atom. The standard InChI is InChI=1S/C24H30N2O2.CH4O3S/c1-2-28-17-10-12-26(13-11-17)15-16-6-5-9-19-21(16)14-22-18-7-3-4-8-20(18)24(27)25-23(19)22;1-5(2,3)4/h5-6,9,17H,2-4,7-8,10-15H2,1H3,(H,25,27);1H3,(H,2,3,4). The first-order valence-electron chi connectivity index (χ1n) is 11.9. The summed E-state index contributed by atoms with van der Waals surface area (Å²) in [4.78, 5) is 18.4. The molecule has 0 amide bonds. The third-order valence-corrected chi connectivity index (χ3v) is 6.87. The fourth-order valence-electron chi connectivity index (χ4n) is 5.44. The molecule has 33 heavy (non-hydrogen) atoms. The van der Waals surface area contributed by atoms with Gasteiger partial charge in [0.1, 0.15) is 0 Å². The molecule has 1 aromatic heterocycles. The van der Waals surface area contributed by atoms with Crippen LogP contribution in [0.15, 0.2) is 23.0 Å². The van der Waals surface area contributed by atoms with Gasteiger partial charge in [-0.15, -0.1) is 0 Å². The molecule has 180 valence electrons. The van der Waals surface area contributed by atoms with Gasteiger partial charge in [0.15, 0.2) is 0 Å². The van der Waals surface area contributed by atoms with Gasteiger partial charge in [0.2, 0.25) is 0 Å². The van der Waals surface area contributed by atoms with E-state index < -0.39 is 10.1 Å². The van der Waals surface area contributed by atoms with Crippen LogP contribution in [0.5, 0.6) is 0 Å². The number of fused-ring (bicyclic) bond motifs is 5. The molecule has 0 bridgehead atoms. The molecular formula is C25H34N2O5S. The lowest BCUT2D eigenvalue weighted by Gasteiger charge is -2.32. The van der Waals surface area contributed by atoms with Gasteiger partial charge in [0.25, 0.3) is 15.7 Å². The molecule has 1 saturated heterocycles. The van der Waals surface area contributed by atoms with Gasteiger partial charge in [-0.1, -0.05) is 18.2 Å². The first kappa shape index (κ1) is 24.1. The van der Waals surface area contributed by atoms with E-state index in [0.29, 0.717) is 12.4 Å². The van der Waals surface area contributed by atoms with Crippen molar-refractivity contribution in [1.29, 1.82) is 0 Å². The smallest absolute Gasteiger partial charge is 0.261 e. The average Bonchev–Trinajstić information content (AvgIpc) is 3.14. The van der Waals surface area contributed by atoms with Gasteiger partial charge in [-0.05, 0) is 67.7 Å². The van der Waals surface area contributed by atoms with Crippen LogP contribution in [0, 0.1) is 0 Å². The molecule has 0 atom stereocenters. The monoisotopic (exact) mass is 474 g/mol. The number of aromatic nitrogens is 1. The van der Waals surface area contributed by atoms with Gasteiger partial charge in [-0.2, -0.15) is 8.42 Å². The second-order valence-electron chi connectivity index (χ2n) is 9.26. The van der Waals surface area contributed by atoms with Gasteiger partial charge in [-0.25, -0.2) is 0 Å². The summed E-state index contributed by atoms with van der Waals surface area (Å²) >= 11 is 0. The van der Waals surface area contributed by atoms with Gasteiger partial charge in [-0.3, -0.25) is 14.2 Å². The Morgan fingerprint density at radius 2 is 1.76 bits per heavy atom. The maximum absolute atomic E-state index is 12.6. The summed E-state index contributed by atoms with van der Waals surface area (Å²) in [7, 11) is -3.67. The summed E-state index contributed by atoms with van der Waals surface area (Å²) in [5.41, 5.74) is 9.14. The number of nitrogens with one attached hydrogen (secondary N) is 1. The topological polar surface area (TPSA) is 99.7 Å². The van der Waals surface area contributed by atoms with E-state index in [1.807, 2.05) is 0 Å². The van der Waals surface area contributed by atoms with Crippen molar-refractivity contribution >= 4 is 10.1 Å². The molecule has 0 saturated carbocycles. The minimum Gasteiger partial charge on any atom is -0.378 e. The van der Waals surface area contributed by atoms with Crippen LogP contribution in [-0.4, -0.2) is 54.9 Å². The molecule has 3 aliphatic rings. The first-order chi connectivity index (χ1) is 15.7. The molecule has 1 aliphatic heterocycles. The van der Waals surface area contributed by atoms with Crippen molar-refractivity contribution in [2.75, 3.05) is 26.0 Å². The fourth-order valence-corrected chi connectivity index (χ4v) is 5.44. The summed E-state index contributed by atoms with van der Waals surface area (Å²) in [6.07, 6.45) is 8.75. The van der Waals surface area contributed by atoms with Crippen molar-refractivity contribution in [2.24, 2.45) is 0 Å². The zero-order valence-electron chi connectivity index (χ0n) is 19.5. The zero-order chi connectivity index (χ0) is 23.6. The predicted octanol–water partition coefficient (Wildman–Crippen LogP) is 3.33. The van der Waals surface area contributed by atoms with E-state index >= 15 is 0 Å². The van der Waals surface area contributed by atoms with E-state index in [1.165, 1.54) is 34.2 Å². The Bertz CT molecular complexity index is 1160. The van der Waals surface area contributed by atoms with Crippen LogP contribution in [0.1, 0.15) is 60.4 Å². The van der Waals surface area contributed by atoms with Gasteiger partial charge < -0.3 is 9.72 Å². The number of aromatic amines is 1. The Morgan fingerprint density at radius 3 is 2.42 bits per heavy atom. The molecular weight excluding hydrogens is 440 g/mol. The van der Waals surface area contributed by atoms with Crippen molar-refractivity contribution in [2.45, 2.75) is 64.5 Å². The van der Waals surface area contributed by atoms with Crippen LogP contribution in [0.3, 0.4) is 0 Å². The Kier molecular flexibility index (Phi) is 7.38. The number of ether oxygens (including phenoxy) is 1. The van der Waals surface area contributed by atoms with Crippen molar-refractivity contribution in [3.63, 3.8) is 0 Å². The maximum atomic E-state index is 12.6. The van der Waals surface area contributed by atoms with Crippen molar-refractivity contribution in [3.8, 4) is 11.3 Å². The van der Waals surface area contributed by atoms with Crippen LogP contribution in [0.25, 0.3) is 11.3 Å². The normalized spacial score (nSPS) is 18.2. The summed E-state index contributed by atoms with van der Waals surface area (Å²) < 4.78 is 31.7. The summed E-state index contributed by atoms with van der Waals surface area (Å²) in [5, 5.41) is 0. The zero-order valence-corrected chi connectivity index (χ0v) is 20.3. The lowest BCUT2D eigenvalue weighted by Crippen LogP contribution is -2.36. The molecule has 2 aliphatic carbocycles. The van der Waals surface area contributed by atoms with Crippen molar-refractivity contribution in [3.05, 3.63) is 56.4 Å². The van der Waals surface area contributed by atoms with Crippen LogP contribution in [0.2, 0.25) is 0 Å². The molecule has 0 unspecified atom stereocenters. The van der Waals surface area contributed by atoms with Crippen molar-refractivity contribution < 1.29 is 17.7 Å². The van der Waals surface area contributed by atoms with Crippen LogP contribution < -0.4 is 5.56 Å². The molecule has 2 aromatic rings. The fraction of sp³-hybridized carbons (Fsp3) is 0.560. The molecule has 0 radical (unpaired) electrons. The number of likely N-dealkylation sites (tertiary alicyclic amines) is 1. The molecule has 2 heterocycles. The number of hydrogen-bond donors (Lipinski definition) is 2. The maximum Gasteiger partial charge on any atom is 0.261 e. The van der Waals surface area contributed by atoms with Gasteiger partial charge >= 0.3 is 0 Å². The van der Waals surface area contributed by atoms with Crippen molar-refractivity contribution in [1.82, 2.24) is 9.88 Å². The molecule has 7 nitrogen and oxygen atoms in total. The van der Waals surface area contributed by atoms with Crippen LogP contribution >= 0.6 is 0 Å². The van der Waals surface area contributed by atoms with E-state index in [9.17, 15) is 13.2 Å². The second-order valence-corrected chi connectivity index (χ2v) is 10.7. The third kappa shape index (κ3) is 5.74. The minimum absolute atomic E-state index is 0.143. The van der Waals surface area contributed by atoms with Gasteiger partial charge in [0, 0.05) is 43.8 Å². The van der Waals surface area contributed by atoms with E-state index in [0.717, 1.165) is 76.0 Å². The van der Waals surface area contributed by atoms with E-state index in [-0.39, 0.29) is 5.56 Å². The van der Waals surface area contributed by atoms with Crippen LogP contribution in [-0.2, 0) is 40.7 Å². The highest BCUT2D eigenvalue weighted by atomic mass is 32.2. The number of hydrogen-bond acceptors (Lipinski definition) is 5. The Hall–Kier alpha value is -2.00. The highest BCUT2D eigenvalue weighted by Crippen LogP contribution is 2.40. The molecule has 2 N–H and O–H groups in total. The quantitative estimate of drug-likeness (QED) is 0.563. The average molecular weight is 475 g/mol. The molecule has 5 rings (SSSR count). The Labute approximate surface area is 195 Å². The highest BCUT2D eigenvalue weighted by molar-refractivity contribution is 7.85. The molecule has 0 spiro atoms. The number of rotatable bonds is 4. The van der Waals surface area contributed by atoms with Gasteiger partial charge in [0.05, 0.1) is 18.1 Å². The molecule has 1 aromatic carbocycles. The number of nitrogens with zero attached hydrogens (tertiary/aromatic N) is 1. The molecule has 8 heteroatoms. The predicted molar refractivity (Wildman–Crippen MR) is 129 cm³/mol. The van der Waals surface area contributed by atoms with E-state index in [4.69, 9.17) is 9.29 Å². The summed E-state index contributed by atoms with van der Waals surface area (Å²) in [5.74, 6) is 0. The largest absolute Gasteiger partial charge is 0.378 e. The number of pyridine rings is 1. The number of H-pyrrole nitrogens is 1. The summed E-state index contributed by atoms with van der Waals surface area (Å²) in [6, 6.07) is 6.63. The number of benzene rings is 1. The van der Waals surface area contributed by atoms with Crippen LogP contribution in [0.4, 0.5) is 0 Å². The highest BCUT2D eigenvalue weighted by Gasteiger charge is 2.29. The van der Waals surface area contributed by atoms with E-state index in [1.54, 1.807) is 0 Å². The SMILES string of the molecule is CCOC1CCN(Cc2cccc3c2Cc2c-3[nH]c(=O)c3c2CCCC3)CC1.CS(=O)(=O)O. The minimum atomic E-state index is -3.67. The van der Waals surface area contributed by atoms with E-state index in [2.05, 4.69) is 35.0 Å². The number of piperidine rings is 1. The second kappa shape index (κ2) is 10.1. The summed E-state index contributed by atoms with van der Waals surface area (Å²) in [6.45, 7) is 6.11. The third-order valence-electron chi connectivity index (χ3n) is 6.87. The Balaban J connectivity index is 0.000000471. The molecule has 1 fully saturated rings.